The van der Waals surface area contributed by atoms with E-state index in [-0.39, 0.29) is 0 Å². The molecule has 0 saturated heterocycles. The van der Waals surface area contributed by atoms with Crippen molar-refractivity contribution >= 4 is 17.4 Å². The first kappa shape index (κ1) is 20.5. The van der Waals surface area contributed by atoms with Gasteiger partial charge in [-0.3, -0.25) is 9.89 Å². The molecule has 0 aliphatic heterocycles. The third kappa shape index (κ3) is 4.59. The van der Waals surface area contributed by atoms with Crippen LogP contribution in [-0.2, 0) is 13.0 Å². The number of nitrogens with zero attached hydrogens (tertiary/aromatic N) is 2. The number of anilines is 2. The average Bonchev–Trinajstić information content (AvgIpc) is 3.07. The Bertz CT molecular complexity index is 995. The molecule has 0 fully saturated rings. The van der Waals surface area contributed by atoms with Crippen molar-refractivity contribution in [3.05, 3.63) is 75.5 Å². The fourth-order valence-electron chi connectivity index (χ4n) is 3.43. The van der Waals surface area contributed by atoms with Crippen LogP contribution in [0, 0.1) is 20.8 Å². The molecule has 4 N–H and O–H groups in total. The van der Waals surface area contributed by atoms with E-state index < -0.39 is 5.91 Å². The van der Waals surface area contributed by atoms with Crippen LogP contribution < -0.4 is 16.0 Å². The Hall–Kier alpha value is -3.28. The van der Waals surface area contributed by atoms with Crippen LogP contribution in [0.2, 0.25) is 0 Å². The van der Waals surface area contributed by atoms with Gasteiger partial charge < -0.3 is 16.0 Å². The normalized spacial score (nSPS) is 10.8. The van der Waals surface area contributed by atoms with Crippen molar-refractivity contribution < 1.29 is 4.79 Å². The van der Waals surface area contributed by atoms with E-state index in [9.17, 15) is 4.79 Å². The molecule has 1 heterocycles. The summed E-state index contributed by atoms with van der Waals surface area (Å²) in [4.78, 5) is 14.2. The third-order valence-corrected chi connectivity index (χ3v) is 5.37. The summed E-state index contributed by atoms with van der Waals surface area (Å²) in [5.41, 5.74) is 14.0. The molecule has 0 saturated carbocycles. The topological polar surface area (TPSA) is 87.0 Å². The second-order valence-electron chi connectivity index (χ2n) is 7.74. The molecular weight excluding hydrogens is 362 g/mol. The van der Waals surface area contributed by atoms with E-state index in [0.29, 0.717) is 30.0 Å². The van der Waals surface area contributed by atoms with Crippen LogP contribution in [0.4, 0.5) is 11.5 Å². The van der Waals surface area contributed by atoms with Crippen LogP contribution in [-0.4, -0.2) is 30.2 Å². The highest BCUT2D eigenvalue weighted by Crippen LogP contribution is 2.22. The summed E-state index contributed by atoms with van der Waals surface area (Å²) in [6, 6.07) is 12.5. The second kappa shape index (κ2) is 8.39. The molecular formula is C23H29N5O. The van der Waals surface area contributed by atoms with Crippen molar-refractivity contribution in [2.24, 2.45) is 5.73 Å². The first-order valence-corrected chi connectivity index (χ1v) is 9.70. The lowest BCUT2D eigenvalue weighted by atomic mass is 10.0. The number of aromatic amines is 1. The molecule has 0 spiro atoms. The van der Waals surface area contributed by atoms with Gasteiger partial charge in [0.25, 0.3) is 5.91 Å². The monoisotopic (exact) mass is 391 g/mol. The van der Waals surface area contributed by atoms with Crippen molar-refractivity contribution in [3.63, 3.8) is 0 Å². The molecule has 3 aromatic rings. The third-order valence-electron chi connectivity index (χ3n) is 5.37. The Morgan fingerprint density at radius 3 is 2.24 bits per heavy atom. The predicted octanol–water partition coefficient (Wildman–Crippen LogP) is 3.70. The van der Waals surface area contributed by atoms with Gasteiger partial charge in [0, 0.05) is 32.7 Å². The lowest BCUT2D eigenvalue weighted by molar-refractivity contribution is 0.100. The quantitative estimate of drug-likeness (QED) is 0.573. The molecule has 29 heavy (non-hydrogen) atoms. The maximum absolute atomic E-state index is 12.1. The van der Waals surface area contributed by atoms with Crippen molar-refractivity contribution in [1.82, 2.24) is 10.2 Å². The SMILES string of the molecule is Cc1cc(CNc2n[nH]c(Cc3ccc(N(C)C)cc3)c2C(N)=O)cc(C)c1C. The minimum absolute atomic E-state index is 0.419. The van der Waals surface area contributed by atoms with Gasteiger partial charge in [-0.25, -0.2) is 0 Å². The smallest absolute Gasteiger partial charge is 0.254 e. The number of carbonyl (C=O) groups excluding carboxylic acids is 1. The highest BCUT2D eigenvalue weighted by molar-refractivity contribution is 5.99. The number of rotatable bonds is 7. The number of amides is 1. The molecule has 0 radical (unpaired) electrons. The van der Waals surface area contributed by atoms with Crippen LogP contribution in [0.5, 0.6) is 0 Å². The maximum atomic E-state index is 12.1. The number of nitrogens with two attached hydrogens (primary N) is 1. The molecule has 6 heteroatoms. The van der Waals surface area contributed by atoms with Crippen molar-refractivity contribution in [1.29, 1.82) is 0 Å². The number of nitrogens with one attached hydrogen (secondary N) is 2. The van der Waals surface area contributed by atoms with E-state index in [1.165, 1.54) is 16.7 Å². The molecule has 3 rings (SSSR count). The van der Waals surface area contributed by atoms with Gasteiger partial charge in [-0.15, -0.1) is 0 Å². The number of aromatic nitrogens is 2. The molecule has 6 nitrogen and oxygen atoms in total. The molecule has 0 unspecified atom stereocenters. The summed E-state index contributed by atoms with van der Waals surface area (Å²) in [7, 11) is 4.01. The number of primary amides is 1. The van der Waals surface area contributed by atoms with E-state index >= 15 is 0 Å². The summed E-state index contributed by atoms with van der Waals surface area (Å²) in [5, 5.41) is 10.6. The molecule has 0 aliphatic rings. The first-order chi connectivity index (χ1) is 13.8. The van der Waals surface area contributed by atoms with Gasteiger partial charge >= 0.3 is 0 Å². The fourth-order valence-corrected chi connectivity index (χ4v) is 3.43. The number of carbonyl (C=O) groups is 1. The summed E-state index contributed by atoms with van der Waals surface area (Å²) in [6.45, 7) is 6.91. The highest BCUT2D eigenvalue weighted by Gasteiger charge is 2.18. The van der Waals surface area contributed by atoms with Gasteiger partial charge in [0.05, 0.1) is 5.69 Å². The minimum Gasteiger partial charge on any atom is -0.378 e. The zero-order valence-electron chi connectivity index (χ0n) is 17.8. The van der Waals surface area contributed by atoms with E-state index in [0.717, 1.165) is 16.8 Å². The van der Waals surface area contributed by atoms with Gasteiger partial charge in [0.15, 0.2) is 5.82 Å². The summed E-state index contributed by atoms with van der Waals surface area (Å²) in [6.07, 6.45) is 0.559. The lowest BCUT2D eigenvalue weighted by Gasteiger charge is -2.12. The largest absolute Gasteiger partial charge is 0.378 e. The van der Waals surface area contributed by atoms with E-state index in [4.69, 9.17) is 5.73 Å². The number of benzene rings is 2. The minimum atomic E-state index is -0.488. The molecule has 152 valence electrons. The molecule has 1 amide bonds. The highest BCUT2D eigenvalue weighted by atomic mass is 16.1. The maximum Gasteiger partial charge on any atom is 0.254 e. The Labute approximate surface area is 172 Å². The zero-order valence-corrected chi connectivity index (χ0v) is 17.8. The Morgan fingerprint density at radius 1 is 1.07 bits per heavy atom. The molecule has 0 atom stereocenters. The summed E-state index contributed by atoms with van der Waals surface area (Å²) >= 11 is 0. The Balaban J connectivity index is 1.79. The molecule has 0 aliphatic carbocycles. The number of hydrogen-bond acceptors (Lipinski definition) is 4. The van der Waals surface area contributed by atoms with Gasteiger partial charge in [0.1, 0.15) is 5.56 Å². The zero-order chi connectivity index (χ0) is 21.1. The fraction of sp³-hybridized carbons (Fsp3) is 0.304. The van der Waals surface area contributed by atoms with Crippen molar-refractivity contribution in [2.45, 2.75) is 33.7 Å². The first-order valence-electron chi connectivity index (χ1n) is 9.70. The Kier molecular flexibility index (Phi) is 5.92. The van der Waals surface area contributed by atoms with E-state index in [1.54, 1.807) is 0 Å². The predicted molar refractivity (Wildman–Crippen MR) is 119 cm³/mol. The summed E-state index contributed by atoms with van der Waals surface area (Å²) in [5.74, 6) is 0.00530. The second-order valence-corrected chi connectivity index (χ2v) is 7.74. The summed E-state index contributed by atoms with van der Waals surface area (Å²) < 4.78 is 0. The molecule has 0 bridgehead atoms. The van der Waals surface area contributed by atoms with Gasteiger partial charge in [-0.05, 0) is 60.7 Å². The Morgan fingerprint density at radius 2 is 1.69 bits per heavy atom. The van der Waals surface area contributed by atoms with Crippen LogP contribution in [0.15, 0.2) is 36.4 Å². The van der Waals surface area contributed by atoms with Crippen LogP contribution >= 0.6 is 0 Å². The van der Waals surface area contributed by atoms with Crippen LogP contribution in [0.25, 0.3) is 0 Å². The van der Waals surface area contributed by atoms with Crippen LogP contribution in [0.3, 0.4) is 0 Å². The van der Waals surface area contributed by atoms with Crippen molar-refractivity contribution in [3.8, 4) is 0 Å². The van der Waals surface area contributed by atoms with Crippen LogP contribution in [0.1, 0.15) is 43.9 Å². The van der Waals surface area contributed by atoms with Gasteiger partial charge in [-0.1, -0.05) is 24.3 Å². The van der Waals surface area contributed by atoms with E-state index in [1.807, 2.05) is 31.1 Å². The average molecular weight is 392 g/mol. The van der Waals surface area contributed by atoms with E-state index in [2.05, 4.69) is 60.6 Å². The van der Waals surface area contributed by atoms with Crippen molar-refractivity contribution in [2.75, 3.05) is 24.3 Å². The number of aryl methyl sites for hydroxylation is 2. The molecule has 2 aromatic carbocycles. The number of H-pyrrole nitrogens is 1. The number of hydrogen-bond donors (Lipinski definition) is 3. The van der Waals surface area contributed by atoms with Gasteiger partial charge in [0.2, 0.25) is 0 Å². The molecule has 1 aromatic heterocycles. The lowest BCUT2D eigenvalue weighted by Crippen LogP contribution is -2.15. The van der Waals surface area contributed by atoms with Gasteiger partial charge in [-0.2, -0.15) is 5.10 Å². The standard InChI is InChI=1S/C23H29N5O/c1-14-10-18(11-15(2)16(14)3)13-25-23-21(22(24)29)20(26-27-23)12-17-6-8-19(9-7-17)28(4)5/h6-11H,12-13H2,1-5H3,(H2,24,29)(H2,25,26,27).